The Morgan fingerprint density at radius 2 is 2.46 bits per heavy atom. The van der Waals surface area contributed by atoms with E-state index in [1.807, 2.05) is 6.92 Å². The average Bonchev–Trinajstić information content (AvgIpc) is 2.54. The first-order valence-electron chi connectivity index (χ1n) is 4.79. The van der Waals surface area contributed by atoms with E-state index in [1.165, 1.54) is 0 Å². The minimum absolute atomic E-state index is 0.103. The smallest absolute Gasteiger partial charge is 0.227 e. The highest BCUT2D eigenvalue weighted by atomic mass is 16.3. The van der Waals surface area contributed by atoms with Crippen molar-refractivity contribution in [3.05, 3.63) is 0 Å². The topological polar surface area (TPSA) is 61.4 Å². The Labute approximate surface area is 78.7 Å². The molecule has 0 aliphatic carbocycles. The zero-order valence-corrected chi connectivity index (χ0v) is 8.10. The molecule has 3 N–H and O–H groups in total. The number of aliphatic hydroxyl groups excluding tert-OH is 1. The predicted molar refractivity (Wildman–Crippen MR) is 50.3 cm³/mol. The van der Waals surface area contributed by atoms with Crippen molar-refractivity contribution in [3.63, 3.8) is 0 Å². The van der Waals surface area contributed by atoms with Gasteiger partial charge in [-0.25, -0.2) is 0 Å². The summed E-state index contributed by atoms with van der Waals surface area (Å²) in [7, 11) is 0. The maximum absolute atomic E-state index is 11.6. The van der Waals surface area contributed by atoms with Crippen molar-refractivity contribution in [2.45, 2.75) is 19.8 Å². The quantitative estimate of drug-likeness (QED) is 0.518. The second kappa shape index (κ2) is 4.58. The number of nitrogens with one attached hydrogen (secondary N) is 2. The lowest BCUT2D eigenvalue weighted by molar-refractivity contribution is -0.129. The van der Waals surface area contributed by atoms with E-state index in [0.29, 0.717) is 13.0 Å². The monoisotopic (exact) mass is 186 g/mol. The second-order valence-electron chi connectivity index (χ2n) is 3.82. The van der Waals surface area contributed by atoms with Crippen LogP contribution in [0.1, 0.15) is 19.8 Å². The van der Waals surface area contributed by atoms with Gasteiger partial charge in [0, 0.05) is 19.7 Å². The SMILES string of the molecule is CC1(C(=O)NCCCO)CCNC1. The van der Waals surface area contributed by atoms with Gasteiger partial charge >= 0.3 is 0 Å². The molecule has 1 amide bonds. The van der Waals surface area contributed by atoms with Gasteiger partial charge in [0.15, 0.2) is 0 Å². The average molecular weight is 186 g/mol. The Morgan fingerprint density at radius 1 is 1.69 bits per heavy atom. The van der Waals surface area contributed by atoms with Gasteiger partial charge in [-0.15, -0.1) is 0 Å². The lowest BCUT2D eigenvalue weighted by Gasteiger charge is -2.21. The summed E-state index contributed by atoms with van der Waals surface area (Å²) in [5, 5.41) is 14.5. The van der Waals surface area contributed by atoms with Crippen LogP contribution in [0, 0.1) is 5.41 Å². The van der Waals surface area contributed by atoms with E-state index in [9.17, 15) is 4.79 Å². The van der Waals surface area contributed by atoms with Gasteiger partial charge in [0.25, 0.3) is 0 Å². The van der Waals surface area contributed by atoms with Crippen molar-refractivity contribution in [1.29, 1.82) is 0 Å². The molecule has 4 nitrogen and oxygen atoms in total. The Bertz CT molecular complexity index is 176. The summed E-state index contributed by atoms with van der Waals surface area (Å²) >= 11 is 0. The van der Waals surface area contributed by atoms with Crippen molar-refractivity contribution in [3.8, 4) is 0 Å². The van der Waals surface area contributed by atoms with E-state index in [0.717, 1.165) is 19.5 Å². The summed E-state index contributed by atoms with van der Waals surface area (Å²) < 4.78 is 0. The Balaban J connectivity index is 2.29. The summed E-state index contributed by atoms with van der Waals surface area (Å²) in [5.41, 5.74) is -0.241. The van der Waals surface area contributed by atoms with Crippen molar-refractivity contribution in [2.75, 3.05) is 26.2 Å². The standard InChI is InChI=1S/C9H18N2O2/c1-9(3-5-10-7-9)8(13)11-4-2-6-12/h10,12H,2-7H2,1H3,(H,11,13). The largest absolute Gasteiger partial charge is 0.396 e. The molecule has 0 aromatic rings. The maximum Gasteiger partial charge on any atom is 0.227 e. The summed E-state index contributed by atoms with van der Waals surface area (Å²) in [5.74, 6) is 0.103. The predicted octanol–water partition coefficient (Wildman–Crippen LogP) is -0.515. The first-order valence-corrected chi connectivity index (χ1v) is 4.79. The summed E-state index contributed by atoms with van der Waals surface area (Å²) in [6.45, 7) is 4.36. The van der Waals surface area contributed by atoms with E-state index in [1.54, 1.807) is 0 Å². The molecule has 0 aromatic heterocycles. The van der Waals surface area contributed by atoms with Crippen LogP contribution in [0.15, 0.2) is 0 Å². The number of aliphatic hydroxyl groups is 1. The van der Waals surface area contributed by atoms with Gasteiger partial charge in [-0.3, -0.25) is 4.79 Å². The van der Waals surface area contributed by atoms with Crippen LogP contribution in [-0.4, -0.2) is 37.3 Å². The fourth-order valence-corrected chi connectivity index (χ4v) is 1.51. The Kier molecular flexibility index (Phi) is 3.69. The van der Waals surface area contributed by atoms with Gasteiger partial charge < -0.3 is 15.7 Å². The van der Waals surface area contributed by atoms with Crippen LogP contribution in [0.2, 0.25) is 0 Å². The molecule has 1 rings (SSSR count). The van der Waals surface area contributed by atoms with Crippen molar-refractivity contribution >= 4 is 5.91 Å². The van der Waals surface area contributed by atoms with Crippen LogP contribution in [0.5, 0.6) is 0 Å². The number of rotatable bonds is 4. The van der Waals surface area contributed by atoms with Crippen molar-refractivity contribution in [1.82, 2.24) is 10.6 Å². The summed E-state index contributed by atoms with van der Waals surface area (Å²) in [4.78, 5) is 11.6. The third-order valence-corrected chi connectivity index (χ3v) is 2.54. The normalized spacial score (nSPS) is 27.5. The zero-order chi connectivity index (χ0) is 9.73. The van der Waals surface area contributed by atoms with Gasteiger partial charge in [0.1, 0.15) is 0 Å². The van der Waals surface area contributed by atoms with Gasteiger partial charge in [0.05, 0.1) is 5.41 Å². The van der Waals surface area contributed by atoms with Crippen LogP contribution >= 0.6 is 0 Å². The van der Waals surface area contributed by atoms with Crippen LogP contribution in [0.3, 0.4) is 0 Å². The van der Waals surface area contributed by atoms with Crippen molar-refractivity contribution < 1.29 is 9.90 Å². The van der Waals surface area contributed by atoms with Gasteiger partial charge in [-0.1, -0.05) is 0 Å². The van der Waals surface area contributed by atoms with Crippen molar-refractivity contribution in [2.24, 2.45) is 5.41 Å². The van der Waals surface area contributed by atoms with E-state index in [4.69, 9.17) is 5.11 Å². The molecule has 0 aromatic carbocycles. The van der Waals surface area contributed by atoms with Crippen LogP contribution in [-0.2, 0) is 4.79 Å². The molecule has 0 saturated carbocycles. The fourth-order valence-electron chi connectivity index (χ4n) is 1.51. The Morgan fingerprint density at radius 3 is 3.00 bits per heavy atom. The zero-order valence-electron chi connectivity index (χ0n) is 8.10. The molecule has 1 saturated heterocycles. The van der Waals surface area contributed by atoms with Gasteiger partial charge in [-0.05, 0) is 26.3 Å². The number of amides is 1. The molecule has 1 heterocycles. The highest BCUT2D eigenvalue weighted by molar-refractivity contribution is 5.82. The van der Waals surface area contributed by atoms with Gasteiger partial charge in [-0.2, -0.15) is 0 Å². The Hall–Kier alpha value is -0.610. The molecular weight excluding hydrogens is 168 g/mol. The molecule has 0 spiro atoms. The third-order valence-electron chi connectivity index (χ3n) is 2.54. The van der Waals surface area contributed by atoms with Gasteiger partial charge in [0.2, 0.25) is 5.91 Å². The van der Waals surface area contributed by atoms with Crippen LogP contribution in [0.25, 0.3) is 0 Å². The molecule has 1 unspecified atom stereocenters. The first kappa shape index (κ1) is 10.5. The van der Waals surface area contributed by atoms with Crippen LogP contribution in [0.4, 0.5) is 0 Å². The lowest BCUT2D eigenvalue weighted by atomic mass is 9.89. The van der Waals surface area contributed by atoms with E-state index in [-0.39, 0.29) is 17.9 Å². The lowest BCUT2D eigenvalue weighted by Crippen LogP contribution is -2.40. The molecule has 0 bridgehead atoms. The highest BCUT2D eigenvalue weighted by Crippen LogP contribution is 2.24. The summed E-state index contributed by atoms with van der Waals surface area (Å²) in [6, 6.07) is 0. The van der Waals surface area contributed by atoms with Crippen LogP contribution < -0.4 is 10.6 Å². The minimum atomic E-state index is -0.241. The number of hydrogen-bond donors (Lipinski definition) is 3. The maximum atomic E-state index is 11.6. The fraction of sp³-hybridized carbons (Fsp3) is 0.889. The number of carbonyl (C=O) groups excluding carboxylic acids is 1. The molecule has 1 atom stereocenters. The molecule has 1 aliphatic rings. The minimum Gasteiger partial charge on any atom is -0.396 e. The molecule has 13 heavy (non-hydrogen) atoms. The number of carbonyl (C=O) groups is 1. The molecular formula is C9H18N2O2. The van der Waals surface area contributed by atoms with E-state index in [2.05, 4.69) is 10.6 Å². The molecule has 0 radical (unpaired) electrons. The highest BCUT2D eigenvalue weighted by Gasteiger charge is 2.35. The number of hydrogen-bond acceptors (Lipinski definition) is 3. The summed E-state index contributed by atoms with van der Waals surface area (Å²) in [6.07, 6.45) is 1.53. The van der Waals surface area contributed by atoms with E-state index >= 15 is 0 Å². The first-order chi connectivity index (χ1) is 6.19. The molecule has 4 heteroatoms. The molecule has 1 aliphatic heterocycles. The van der Waals surface area contributed by atoms with E-state index < -0.39 is 0 Å². The second-order valence-corrected chi connectivity index (χ2v) is 3.82. The third kappa shape index (κ3) is 2.67. The molecule has 76 valence electrons. The molecule has 1 fully saturated rings.